The number of allylic oxidation sites excluding steroid dienone is 1. The third-order valence-corrected chi connectivity index (χ3v) is 9.24. The first kappa shape index (κ1) is 32.2. The maximum atomic E-state index is 14.4. The maximum absolute atomic E-state index is 14.4. The van der Waals surface area contributed by atoms with Crippen LogP contribution in [0.2, 0.25) is 0 Å². The number of amides is 1. The van der Waals surface area contributed by atoms with Crippen LogP contribution in [0.1, 0.15) is 73.6 Å². The molecule has 8 heteroatoms. The molecule has 0 aromatic heterocycles. The third-order valence-electron chi connectivity index (χ3n) is 9.24. The minimum absolute atomic E-state index is 0.124. The van der Waals surface area contributed by atoms with Crippen molar-refractivity contribution in [3.63, 3.8) is 0 Å². The van der Waals surface area contributed by atoms with Gasteiger partial charge in [0, 0.05) is 18.2 Å². The topological polar surface area (TPSA) is 110 Å². The van der Waals surface area contributed by atoms with Crippen molar-refractivity contribution in [1.82, 2.24) is 4.90 Å². The van der Waals surface area contributed by atoms with Gasteiger partial charge in [0.15, 0.2) is 5.78 Å². The van der Waals surface area contributed by atoms with Crippen LogP contribution in [0.3, 0.4) is 0 Å². The quantitative estimate of drug-likeness (QED) is 0.231. The number of carboxylic acids is 1. The van der Waals surface area contributed by atoms with Gasteiger partial charge in [-0.2, -0.15) is 0 Å². The van der Waals surface area contributed by atoms with Crippen LogP contribution in [0.15, 0.2) is 55.1 Å². The van der Waals surface area contributed by atoms with Crippen LogP contribution < -0.4 is 4.74 Å². The number of hydrogen-bond donors (Lipinski definition) is 1. The van der Waals surface area contributed by atoms with Crippen LogP contribution in [0, 0.1) is 22.7 Å². The van der Waals surface area contributed by atoms with Crippen molar-refractivity contribution in [2.45, 2.75) is 91.4 Å². The molecule has 1 saturated heterocycles. The highest BCUT2D eigenvalue weighted by molar-refractivity contribution is 5.95. The van der Waals surface area contributed by atoms with Gasteiger partial charge in [0.1, 0.15) is 17.5 Å². The monoisotopic (exact) mass is 591 g/mol. The van der Waals surface area contributed by atoms with Crippen molar-refractivity contribution in [1.29, 1.82) is 0 Å². The molecule has 4 rings (SSSR count). The van der Waals surface area contributed by atoms with Gasteiger partial charge in [0.2, 0.25) is 5.91 Å². The molecule has 1 amide bonds. The van der Waals surface area contributed by atoms with E-state index >= 15 is 0 Å². The molecule has 232 valence electrons. The number of rotatable bonds is 12. The summed E-state index contributed by atoms with van der Waals surface area (Å²) >= 11 is 0. The number of ether oxygens (including phenoxy) is 2. The van der Waals surface area contributed by atoms with E-state index in [9.17, 15) is 24.3 Å². The molecule has 1 aliphatic heterocycles. The van der Waals surface area contributed by atoms with E-state index < -0.39 is 46.4 Å². The molecule has 0 unspecified atom stereocenters. The summed E-state index contributed by atoms with van der Waals surface area (Å²) in [4.78, 5) is 55.0. The Balaban J connectivity index is 1.65. The van der Waals surface area contributed by atoms with E-state index in [1.165, 1.54) is 4.90 Å². The maximum Gasteiger partial charge on any atom is 0.310 e. The fraction of sp³-hybridized carbons (Fsp3) is 0.543. The molecule has 1 saturated carbocycles. The highest BCUT2D eigenvalue weighted by atomic mass is 16.6. The molecular formula is C35H45NO7. The lowest BCUT2D eigenvalue weighted by molar-refractivity contribution is -0.161. The van der Waals surface area contributed by atoms with Crippen molar-refractivity contribution >= 4 is 34.4 Å². The number of fused-ring (bicyclic) bond motifs is 1. The van der Waals surface area contributed by atoms with Crippen molar-refractivity contribution in [2.24, 2.45) is 22.7 Å². The molecular weight excluding hydrogens is 546 g/mol. The van der Waals surface area contributed by atoms with Crippen LogP contribution in [0.5, 0.6) is 5.75 Å². The van der Waals surface area contributed by atoms with Crippen molar-refractivity contribution < 1.29 is 33.8 Å². The molecule has 1 N–H and O–H groups in total. The Bertz CT molecular complexity index is 1400. The third kappa shape index (κ3) is 6.94. The second-order valence-electron chi connectivity index (χ2n) is 13.8. The zero-order valence-corrected chi connectivity index (χ0v) is 26.2. The average Bonchev–Trinajstić information content (AvgIpc) is 3.50. The largest absolute Gasteiger partial charge is 0.488 e. The summed E-state index contributed by atoms with van der Waals surface area (Å²) in [6.45, 7) is 15.1. The van der Waals surface area contributed by atoms with Gasteiger partial charge in [-0.15, -0.1) is 6.58 Å². The summed E-state index contributed by atoms with van der Waals surface area (Å²) < 4.78 is 12.0. The van der Waals surface area contributed by atoms with Gasteiger partial charge < -0.3 is 19.5 Å². The Hall–Kier alpha value is -3.68. The SMILES string of the molecule is C=C[C@H]1C[C@@]1(CC(=O)[C@@H]1C[C@@H](Oc2cccc3ccccc23)CN1C(=O)[C@@H](CC(=O)OC(C)(C)C)C(C)(C)CC)C(=O)O. The number of Topliss-reactive ketones (excluding diaryl/α,β-unsaturated/α-hetero) is 1. The lowest BCUT2D eigenvalue weighted by Crippen LogP contribution is -2.48. The molecule has 1 heterocycles. The van der Waals surface area contributed by atoms with Crippen molar-refractivity contribution in [3.8, 4) is 5.75 Å². The van der Waals surface area contributed by atoms with E-state index in [1.807, 2.05) is 63.2 Å². The molecule has 5 atom stereocenters. The number of carbonyl (C=O) groups is 4. The van der Waals surface area contributed by atoms with E-state index in [4.69, 9.17) is 9.47 Å². The van der Waals surface area contributed by atoms with Gasteiger partial charge in [0.25, 0.3) is 0 Å². The zero-order chi connectivity index (χ0) is 31.7. The first-order valence-electron chi connectivity index (χ1n) is 15.2. The fourth-order valence-electron chi connectivity index (χ4n) is 6.20. The Kier molecular flexibility index (Phi) is 9.10. The second-order valence-corrected chi connectivity index (χ2v) is 13.8. The molecule has 8 nitrogen and oxygen atoms in total. The summed E-state index contributed by atoms with van der Waals surface area (Å²) in [6, 6.07) is 12.7. The first-order chi connectivity index (χ1) is 20.1. The van der Waals surface area contributed by atoms with Gasteiger partial charge in [-0.05, 0) is 50.0 Å². The summed E-state index contributed by atoms with van der Waals surface area (Å²) in [6.07, 6.45) is 1.98. The summed E-state index contributed by atoms with van der Waals surface area (Å²) in [5.74, 6) is -2.51. The van der Waals surface area contributed by atoms with E-state index in [1.54, 1.807) is 26.8 Å². The number of esters is 1. The van der Waals surface area contributed by atoms with Gasteiger partial charge in [0.05, 0.1) is 30.3 Å². The van der Waals surface area contributed by atoms with E-state index in [-0.39, 0.29) is 43.4 Å². The van der Waals surface area contributed by atoms with Crippen LogP contribution in [-0.2, 0) is 23.9 Å². The lowest BCUT2D eigenvalue weighted by atomic mass is 9.74. The molecule has 43 heavy (non-hydrogen) atoms. The minimum Gasteiger partial charge on any atom is -0.488 e. The standard InChI is InChI=1S/C35H45NO7/c1-8-23-19-35(23,32(40)41)20-28(37)27-17-24(42-29-16-12-14-22-13-10-11-15-25(22)29)21-36(27)31(39)26(34(6,7)9-2)18-30(38)43-33(3,4)5/h8,10-16,23-24,26-27H,1,9,17-21H2,2-7H3,(H,40,41)/t23-,24+,26+,27-,35-/m0/s1. The first-order valence-corrected chi connectivity index (χ1v) is 15.2. The van der Waals surface area contributed by atoms with Crippen LogP contribution in [-0.4, -0.2) is 57.9 Å². The fourth-order valence-corrected chi connectivity index (χ4v) is 6.20. The Morgan fingerprint density at radius 2 is 1.77 bits per heavy atom. The van der Waals surface area contributed by atoms with E-state index in [0.29, 0.717) is 18.6 Å². The van der Waals surface area contributed by atoms with E-state index in [0.717, 1.165) is 10.8 Å². The lowest BCUT2D eigenvalue weighted by Gasteiger charge is -2.37. The Morgan fingerprint density at radius 3 is 2.37 bits per heavy atom. The second kappa shape index (κ2) is 12.1. The number of ketones is 1. The molecule has 1 aliphatic carbocycles. The summed E-state index contributed by atoms with van der Waals surface area (Å²) in [5, 5.41) is 11.9. The van der Waals surface area contributed by atoms with Crippen LogP contribution >= 0.6 is 0 Å². The zero-order valence-electron chi connectivity index (χ0n) is 26.2. The normalized spacial score (nSPS) is 24.3. The van der Waals surface area contributed by atoms with Gasteiger partial charge in [-0.3, -0.25) is 19.2 Å². The Labute approximate surface area is 254 Å². The van der Waals surface area contributed by atoms with E-state index in [2.05, 4.69) is 6.58 Å². The summed E-state index contributed by atoms with van der Waals surface area (Å²) in [5.41, 5.74) is -2.47. The number of likely N-dealkylation sites (tertiary alicyclic amines) is 1. The molecule has 2 fully saturated rings. The van der Waals surface area contributed by atoms with Gasteiger partial charge in [-0.1, -0.05) is 69.7 Å². The molecule has 0 radical (unpaired) electrons. The number of hydrogen-bond acceptors (Lipinski definition) is 6. The molecule has 2 aliphatic rings. The molecule has 2 aromatic rings. The predicted molar refractivity (Wildman–Crippen MR) is 165 cm³/mol. The number of carboxylic acid groups (broad SMARTS) is 1. The van der Waals surface area contributed by atoms with Crippen LogP contribution in [0.4, 0.5) is 0 Å². The van der Waals surface area contributed by atoms with Crippen molar-refractivity contribution in [2.75, 3.05) is 6.54 Å². The molecule has 0 bridgehead atoms. The molecule has 2 aromatic carbocycles. The number of aliphatic carboxylic acids is 1. The van der Waals surface area contributed by atoms with Gasteiger partial charge in [-0.25, -0.2) is 0 Å². The smallest absolute Gasteiger partial charge is 0.310 e. The molecule has 0 spiro atoms. The average molecular weight is 592 g/mol. The highest BCUT2D eigenvalue weighted by Crippen LogP contribution is 2.56. The highest BCUT2D eigenvalue weighted by Gasteiger charge is 2.61. The Morgan fingerprint density at radius 1 is 1.09 bits per heavy atom. The minimum atomic E-state index is -1.19. The number of nitrogens with zero attached hydrogens (tertiary/aromatic N) is 1. The van der Waals surface area contributed by atoms with Crippen molar-refractivity contribution in [3.05, 3.63) is 55.1 Å². The number of carbonyl (C=O) groups excluding carboxylic acids is 3. The summed E-state index contributed by atoms with van der Waals surface area (Å²) in [7, 11) is 0. The van der Waals surface area contributed by atoms with Crippen LogP contribution in [0.25, 0.3) is 10.8 Å². The predicted octanol–water partition coefficient (Wildman–Crippen LogP) is 6.21. The number of benzene rings is 2. The van der Waals surface area contributed by atoms with Gasteiger partial charge >= 0.3 is 11.9 Å².